The summed E-state index contributed by atoms with van der Waals surface area (Å²) in [6, 6.07) is 9.35. The maximum Gasteiger partial charge on any atom is 0.312 e. The van der Waals surface area contributed by atoms with Crippen LogP contribution in [0.2, 0.25) is 0 Å². The molecular formula is C20H21N7O2. The van der Waals surface area contributed by atoms with Crippen molar-refractivity contribution in [3.05, 3.63) is 65.2 Å². The second-order valence-corrected chi connectivity index (χ2v) is 6.88. The molecule has 1 aliphatic heterocycles. The number of H-pyrrole nitrogens is 1. The Balaban J connectivity index is 1.39. The van der Waals surface area contributed by atoms with Gasteiger partial charge in [0.05, 0.1) is 12.2 Å². The zero-order chi connectivity index (χ0) is 20.2. The summed E-state index contributed by atoms with van der Waals surface area (Å²) in [6.45, 7) is 2.99. The van der Waals surface area contributed by atoms with Gasteiger partial charge in [0, 0.05) is 37.2 Å². The van der Waals surface area contributed by atoms with E-state index >= 15 is 0 Å². The van der Waals surface area contributed by atoms with Crippen LogP contribution in [0.3, 0.4) is 0 Å². The van der Waals surface area contributed by atoms with E-state index in [-0.39, 0.29) is 6.54 Å². The number of carbonyl (C=O) groups excluding carboxylic acids is 2. The number of aromatic nitrogens is 4. The number of pyridine rings is 2. The van der Waals surface area contributed by atoms with Gasteiger partial charge in [0.1, 0.15) is 5.82 Å². The second-order valence-electron chi connectivity index (χ2n) is 6.88. The number of amides is 2. The molecule has 9 nitrogen and oxygen atoms in total. The van der Waals surface area contributed by atoms with Gasteiger partial charge in [-0.25, -0.2) is 4.98 Å². The normalized spacial score (nSPS) is 12.9. The van der Waals surface area contributed by atoms with Gasteiger partial charge in [-0.1, -0.05) is 6.07 Å². The fourth-order valence-electron chi connectivity index (χ4n) is 3.17. The Morgan fingerprint density at radius 3 is 2.76 bits per heavy atom. The van der Waals surface area contributed by atoms with Crippen molar-refractivity contribution in [3.8, 4) is 0 Å². The van der Waals surface area contributed by atoms with Gasteiger partial charge in [0.25, 0.3) is 0 Å². The number of aryl methyl sites for hydroxylation is 1. The first-order valence-electron chi connectivity index (χ1n) is 9.32. The third kappa shape index (κ3) is 4.40. The molecule has 0 bridgehead atoms. The summed E-state index contributed by atoms with van der Waals surface area (Å²) < 4.78 is 0. The van der Waals surface area contributed by atoms with Gasteiger partial charge >= 0.3 is 11.8 Å². The van der Waals surface area contributed by atoms with Crippen molar-refractivity contribution < 1.29 is 9.59 Å². The summed E-state index contributed by atoms with van der Waals surface area (Å²) in [5, 5.41) is 12.8. The molecule has 4 heterocycles. The maximum atomic E-state index is 12.6. The van der Waals surface area contributed by atoms with E-state index in [0.717, 1.165) is 22.5 Å². The Bertz CT molecular complexity index is 1030. The molecule has 0 fully saturated rings. The Morgan fingerprint density at radius 1 is 1.17 bits per heavy atom. The van der Waals surface area contributed by atoms with Crippen LogP contribution in [0.15, 0.2) is 42.7 Å². The van der Waals surface area contributed by atoms with Crippen LogP contribution in [-0.4, -0.2) is 43.4 Å². The zero-order valence-corrected chi connectivity index (χ0v) is 16.0. The molecule has 3 N–H and O–H groups in total. The third-order valence-corrected chi connectivity index (χ3v) is 4.71. The molecule has 0 spiro atoms. The van der Waals surface area contributed by atoms with E-state index in [1.54, 1.807) is 24.5 Å². The number of rotatable bonds is 4. The minimum Gasteiger partial charge on any atom is -0.344 e. The van der Waals surface area contributed by atoms with Crippen molar-refractivity contribution >= 4 is 23.5 Å². The number of anilines is 2. The van der Waals surface area contributed by atoms with Crippen LogP contribution in [0.25, 0.3) is 0 Å². The third-order valence-electron chi connectivity index (χ3n) is 4.71. The van der Waals surface area contributed by atoms with Gasteiger partial charge < -0.3 is 15.5 Å². The largest absolute Gasteiger partial charge is 0.344 e. The molecule has 0 saturated heterocycles. The zero-order valence-electron chi connectivity index (χ0n) is 16.0. The first-order chi connectivity index (χ1) is 14.1. The first kappa shape index (κ1) is 18.6. The molecule has 29 heavy (non-hydrogen) atoms. The molecule has 0 aliphatic carbocycles. The van der Waals surface area contributed by atoms with Crippen LogP contribution in [0.5, 0.6) is 0 Å². The monoisotopic (exact) mass is 391 g/mol. The van der Waals surface area contributed by atoms with E-state index in [0.29, 0.717) is 31.1 Å². The summed E-state index contributed by atoms with van der Waals surface area (Å²) in [4.78, 5) is 34.9. The summed E-state index contributed by atoms with van der Waals surface area (Å²) in [6.07, 6.45) is 3.95. The van der Waals surface area contributed by atoms with Gasteiger partial charge in [-0.05, 0) is 42.7 Å². The van der Waals surface area contributed by atoms with Crippen molar-refractivity contribution in [1.29, 1.82) is 0 Å². The Kier molecular flexibility index (Phi) is 5.19. The quantitative estimate of drug-likeness (QED) is 0.580. The van der Waals surface area contributed by atoms with E-state index in [9.17, 15) is 9.59 Å². The van der Waals surface area contributed by atoms with E-state index < -0.39 is 11.8 Å². The van der Waals surface area contributed by atoms with Gasteiger partial charge in [0.15, 0.2) is 5.82 Å². The summed E-state index contributed by atoms with van der Waals surface area (Å²) >= 11 is 0. The van der Waals surface area contributed by atoms with Crippen LogP contribution >= 0.6 is 0 Å². The molecule has 0 atom stereocenters. The van der Waals surface area contributed by atoms with E-state index in [4.69, 9.17) is 0 Å². The molecule has 0 unspecified atom stereocenters. The van der Waals surface area contributed by atoms with Crippen LogP contribution in [0.1, 0.15) is 22.5 Å². The smallest absolute Gasteiger partial charge is 0.312 e. The fourth-order valence-corrected chi connectivity index (χ4v) is 3.17. The van der Waals surface area contributed by atoms with Crippen LogP contribution in [0.4, 0.5) is 11.6 Å². The maximum absolute atomic E-state index is 12.6. The van der Waals surface area contributed by atoms with Crippen molar-refractivity contribution in [1.82, 2.24) is 30.4 Å². The average Bonchev–Trinajstić information content (AvgIpc) is 3.16. The van der Waals surface area contributed by atoms with E-state index in [1.807, 2.05) is 25.1 Å². The number of nitrogens with zero attached hydrogens (tertiary/aromatic N) is 4. The number of nitrogens with one attached hydrogen (secondary N) is 3. The lowest BCUT2D eigenvalue weighted by molar-refractivity contribution is -0.146. The molecule has 0 aromatic carbocycles. The number of hydrogen-bond acceptors (Lipinski definition) is 6. The number of hydrogen-bond donors (Lipinski definition) is 3. The highest BCUT2D eigenvalue weighted by Crippen LogP contribution is 2.21. The fraction of sp³-hybridized carbons (Fsp3) is 0.250. The predicted octanol–water partition coefficient (Wildman–Crippen LogP) is 1.45. The molecule has 1 aliphatic rings. The standard InChI is InChI=1S/C20H21N7O2/c1-13-10-18(26-25-13)24-17-3-2-15-6-9-27(12-16(15)23-17)20(29)19(28)22-11-14-4-7-21-8-5-14/h2-5,7-8,10H,6,9,11-12H2,1H3,(H,22,28)(H2,23,24,25,26). The van der Waals surface area contributed by atoms with E-state index in [1.165, 1.54) is 4.90 Å². The molecule has 9 heteroatoms. The van der Waals surface area contributed by atoms with E-state index in [2.05, 4.69) is 30.8 Å². The Hall–Kier alpha value is -3.75. The van der Waals surface area contributed by atoms with Gasteiger partial charge in [0.2, 0.25) is 0 Å². The van der Waals surface area contributed by atoms with Crippen LogP contribution in [-0.2, 0) is 29.1 Å². The lowest BCUT2D eigenvalue weighted by Crippen LogP contribution is -2.45. The summed E-state index contributed by atoms with van der Waals surface area (Å²) in [5.74, 6) is 0.153. The van der Waals surface area contributed by atoms with Crippen LogP contribution < -0.4 is 10.6 Å². The Labute approximate surface area is 167 Å². The average molecular weight is 391 g/mol. The lowest BCUT2D eigenvalue weighted by atomic mass is 10.0. The summed E-state index contributed by atoms with van der Waals surface area (Å²) in [5.41, 5.74) is 3.69. The first-order valence-corrected chi connectivity index (χ1v) is 9.32. The van der Waals surface area contributed by atoms with Gasteiger partial charge in [-0.2, -0.15) is 5.10 Å². The van der Waals surface area contributed by atoms with Crippen molar-refractivity contribution in [2.24, 2.45) is 0 Å². The SMILES string of the molecule is Cc1cc(Nc2ccc3c(n2)CN(C(=O)C(=O)NCc2ccncc2)CC3)n[nH]1. The highest BCUT2D eigenvalue weighted by atomic mass is 16.2. The summed E-state index contributed by atoms with van der Waals surface area (Å²) in [7, 11) is 0. The number of aromatic amines is 1. The minimum atomic E-state index is -0.619. The highest BCUT2D eigenvalue weighted by Gasteiger charge is 2.26. The lowest BCUT2D eigenvalue weighted by Gasteiger charge is -2.27. The van der Waals surface area contributed by atoms with Gasteiger partial charge in [-0.15, -0.1) is 0 Å². The van der Waals surface area contributed by atoms with Crippen LogP contribution in [0, 0.1) is 6.92 Å². The predicted molar refractivity (Wildman–Crippen MR) is 106 cm³/mol. The molecule has 148 valence electrons. The van der Waals surface area contributed by atoms with Gasteiger partial charge in [-0.3, -0.25) is 19.7 Å². The molecule has 2 amide bonds. The molecule has 0 radical (unpaired) electrons. The number of carbonyl (C=O) groups is 2. The molecule has 0 saturated carbocycles. The molecular weight excluding hydrogens is 370 g/mol. The van der Waals surface area contributed by atoms with Crippen molar-refractivity contribution in [3.63, 3.8) is 0 Å². The topological polar surface area (TPSA) is 116 Å². The van der Waals surface area contributed by atoms with Crippen molar-refractivity contribution in [2.75, 3.05) is 11.9 Å². The van der Waals surface area contributed by atoms with Crippen molar-refractivity contribution in [2.45, 2.75) is 26.4 Å². The molecule has 3 aromatic rings. The number of fused-ring (bicyclic) bond motifs is 1. The Morgan fingerprint density at radius 2 is 2.00 bits per heavy atom. The molecule has 3 aromatic heterocycles. The minimum absolute atomic E-state index is 0.285. The molecule has 4 rings (SSSR count). The second kappa shape index (κ2) is 8.09. The highest BCUT2D eigenvalue weighted by molar-refractivity contribution is 6.34.